The van der Waals surface area contributed by atoms with Crippen LogP contribution in [0.5, 0.6) is 0 Å². The Morgan fingerprint density at radius 3 is 2.62 bits per heavy atom. The van der Waals surface area contributed by atoms with Gasteiger partial charge in [-0.3, -0.25) is 9.78 Å². The molecule has 5 heteroatoms. The highest BCUT2D eigenvalue weighted by Gasteiger charge is 2.33. The zero-order valence-electron chi connectivity index (χ0n) is 15.8. The van der Waals surface area contributed by atoms with E-state index in [1.165, 1.54) is 6.92 Å². The van der Waals surface area contributed by atoms with Crippen molar-refractivity contribution in [1.82, 2.24) is 4.98 Å². The molecule has 2 N–H and O–H groups in total. The molecule has 1 aliphatic carbocycles. The second-order valence-electron chi connectivity index (χ2n) is 8.18. The Bertz CT molecular complexity index is 867. The van der Waals surface area contributed by atoms with Crippen LogP contribution in [0, 0.1) is 11.3 Å². The van der Waals surface area contributed by atoms with Gasteiger partial charge in [0, 0.05) is 11.1 Å². The van der Waals surface area contributed by atoms with Gasteiger partial charge in [0.05, 0.1) is 11.1 Å². The number of primary amides is 1. The van der Waals surface area contributed by atoms with Crippen LogP contribution in [-0.2, 0) is 22.4 Å². The summed E-state index contributed by atoms with van der Waals surface area (Å²) in [5.41, 5.74) is 8.64. The van der Waals surface area contributed by atoms with Gasteiger partial charge in [-0.2, -0.15) is 0 Å². The highest BCUT2D eigenvalue weighted by atomic mass is 16.5. The Balaban J connectivity index is 2.13. The van der Waals surface area contributed by atoms with Gasteiger partial charge in [-0.15, -0.1) is 0 Å². The molecule has 0 aliphatic heterocycles. The normalized spacial score (nSPS) is 18.2. The monoisotopic (exact) mass is 354 g/mol. The molecular formula is C21H26N2O3. The maximum atomic E-state index is 12.9. The zero-order valence-corrected chi connectivity index (χ0v) is 15.8. The minimum absolute atomic E-state index is 0.144. The number of hydrogen-bond donors (Lipinski definition) is 1. The van der Waals surface area contributed by atoms with Gasteiger partial charge in [0.15, 0.2) is 6.10 Å². The van der Waals surface area contributed by atoms with Crippen molar-refractivity contribution in [2.24, 2.45) is 17.1 Å². The van der Waals surface area contributed by atoms with Gasteiger partial charge in [-0.25, -0.2) is 4.79 Å². The van der Waals surface area contributed by atoms with Crippen molar-refractivity contribution >= 4 is 22.8 Å². The fourth-order valence-corrected chi connectivity index (χ4v) is 3.64. The Kier molecular flexibility index (Phi) is 4.74. The zero-order chi connectivity index (χ0) is 19.1. The molecular weight excluding hydrogens is 328 g/mol. The summed E-state index contributed by atoms with van der Waals surface area (Å²) >= 11 is 0. The van der Waals surface area contributed by atoms with Crippen molar-refractivity contribution in [1.29, 1.82) is 0 Å². The summed E-state index contributed by atoms with van der Waals surface area (Å²) in [6.07, 6.45) is 1.71. The topological polar surface area (TPSA) is 82.3 Å². The molecule has 0 radical (unpaired) electrons. The van der Waals surface area contributed by atoms with Crippen LogP contribution in [0.25, 0.3) is 10.9 Å². The van der Waals surface area contributed by atoms with Crippen LogP contribution in [-0.4, -0.2) is 23.0 Å². The number of nitrogens with two attached hydrogens (primary N) is 1. The number of para-hydroxylation sites is 1. The first kappa shape index (κ1) is 18.4. The lowest BCUT2D eigenvalue weighted by atomic mass is 9.70. The van der Waals surface area contributed by atoms with E-state index >= 15 is 0 Å². The second kappa shape index (κ2) is 6.71. The van der Waals surface area contributed by atoms with Gasteiger partial charge in [-0.05, 0) is 49.1 Å². The van der Waals surface area contributed by atoms with E-state index in [-0.39, 0.29) is 5.41 Å². The first-order chi connectivity index (χ1) is 12.2. The highest BCUT2D eigenvalue weighted by Crippen LogP contribution is 2.39. The molecule has 1 aromatic carbocycles. The molecule has 1 heterocycles. The van der Waals surface area contributed by atoms with Gasteiger partial charge in [0.1, 0.15) is 0 Å². The molecule has 0 unspecified atom stereocenters. The molecule has 26 heavy (non-hydrogen) atoms. The van der Waals surface area contributed by atoms with Gasteiger partial charge in [-0.1, -0.05) is 39.0 Å². The number of esters is 1. The molecule has 0 spiro atoms. The Morgan fingerprint density at radius 2 is 1.96 bits per heavy atom. The van der Waals surface area contributed by atoms with E-state index in [9.17, 15) is 9.59 Å². The lowest BCUT2D eigenvalue weighted by Crippen LogP contribution is -2.32. The van der Waals surface area contributed by atoms with Crippen molar-refractivity contribution in [3.8, 4) is 0 Å². The van der Waals surface area contributed by atoms with Crippen LogP contribution in [0.15, 0.2) is 24.3 Å². The average molecular weight is 354 g/mol. The number of aryl methyl sites for hydroxylation is 1. The number of hydrogen-bond acceptors (Lipinski definition) is 4. The van der Waals surface area contributed by atoms with E-state index in [4.69, 9.17) is 15.5 Å². The molecule has 2 atom stereocenters. The van der Waals surface area contributed by atoms with E-state index in [0.29, 0.717) is 11.5 Å². The van der Waals surface area contributed by atoms with Crippen LogP contribution in [0.2, 0.25) is 0 Å². The predicted molar refractivity (Wildman–Crippen MR) is 101 cm³/mol. The third-order valence-electron chi connectivity index (χ3n) is 5.37. The summed E-state index contributed by atoms with van der Waals surface area (Å²) in [6.45, 7) is 8.17. The standard InChI is InChI=1S/C21H26N2O3/c1-12(19(22)24)26-20(25)18-14-7-5-6-8-16(14)23-17-10-9-13(11-15(17)18)21(2,3)4/h5-8,12-13H,9-11H2,1-4H3,(H2,22,24)/t12-,13-/m0/s1. The SMILES string of the molecule is C[C@H](OC(=O)c1c2c(nc3ccccc13)CC[C@H](C(C)(C)C)C2)C(N)=O. The molecule has 1 aliphatic rings. The van der Waals surface area contributed by atoms with Crippen LogP contribution in [0.3, 0.4) is 0 Å². The number of rotatable bonds is 3. The number of carbonyl (C=O) groups excluding carboxylic acids is 2. The third-order valence-corrected chi connectivity index (χ3v) is 5.37. The molecule has 0 saturated heterocycles. The largest absolute Gasteiger partial charge is 0.449 e. The van der Waals surface area contributed by atoms with Crippen molar-refractivity contribution < 1.29 is 14.3 Å². The molecule has 3 rings (SSSR count). The van der Waals surface area contributed by atoms with Gasteiger partial charge < -0.3 is 10.5 Å². The third kappa shape index (κ3) is 3.43. The van der Waals surface area contributed by atoms with Crippen molar-refractivity contribution in [2.45, 2.75) is 53.1 Å². The van der Waals surface area contributed by atoms with Gasteiger partial charge in [0.2, 0.25) is 0 Å². The first-order valence-electron chi connectivity index (χ1n) is 9.09. The highest BCUT2D eigenvalue weighted by molar-refractivity contribution is 6.05. The summed E-state index contributed by atoms with van der Waals surface area (Å²) in [7, 11) is 0. The quantitative estimate of drug-likeness (QED) is 0.856. The molecule has 5 nitrogen and oxygen atoms in total. The molecule has 0 bridgehead atoms. The molecule has 1 aromatic heterocycles. The lowest BCUT2D eigenvalue weighted by molar-refractivity contribution is -0.125. The van der Waals surface area contributed by atoms with E-state index in [0.717, 1.165) is 41.4 Å². The summed E-state index contributed by atoms with van der Waals surface area (Å²) in [5, 5.41) is 0.766. The molecule has 1 amide bonds. The van der Waals surface area contributed by atoms with Crippen LogP contribution in [0.4, 0.5) is 0 Å². The number of benzene rings is 1. The van der Waals surface area contributed by atoms with Crippen LogP contribution >= 0.6 is 0 Å². The van der Waals surface area contributed by atoms with Crippen molar-refractivity contribution in [3.05, 3.63) is 41.1 Å². The first-order valence-corrected chi connectivity index (χ1v) is 9.09. The Morgan fingerprint density at radius 1 is 1.27 bits per heavy atom. The van der Waals surface area contributed by atoms with Gasteiger partial charge >= 0.3 is 5.97 Å². The predicted octanol–water partition coefficient (Wildman–Crippen LogP) is 3.42. The van der Waals surface area contributed by atoms with E-state index in [1.807, 2.05) is 24.3 Å². The summed E-state index contributed by atoms with van der Waals surface area (Å²) in [5.74, 6) is -0.697. The Hall–Kier alpha value is -2.43. The van der Waals surface area contributed by atoms with Crippen molar-refractivity contribution in [2.75, 3.05) is 0 Å². The van der Waals surface area contributed by atoms with E-state index < -0.39 is 18.0 Å². The minimum Gasteiger partial charge on any atom is -0.449 e. The maximum absolute atomic E-state index is 12.9. The fraction of sp³-hybridized carbons (Fsp3) is 0.476. The van der Waals surface area contributed by atoms with Crippen molar-refractivity contribution in [3.63, 3.8) is 0 Å². The molecule has 138 valence electrons. The number of ether oxygens (including phenoxy) is 1. The summed E-state index contributed by atoms with van der Waals surface area (Å²) in [6, 6.07) is 7.58. The summed E-state index contributed by atoms with van der Waals surface area (Å²) in [4.78, 5) is 29.1. The van der Waals surface area contributed by atoms with Crippen LogP contribution in [0.1, 0.15) is 55.7 Å². The smallest absolute Gasteiger partial charge is 0.339 e. The minimum atomic E-state index is -0.966. The van der Waals surface area contributed by atoms with E-state index in [2.05, 4.69) is 20.8 Å². The molecule has 0 saturated carbocycles. The molecule has 2 aromatic rings. The number of pyridine rings is 1. The average Bonchev–Trinajstić information content (AvgIpc) is 2.57. The van der Waals surface area contributed by atoms with Gasteiger partial charge in [0.25, 0.3) is 5.91 Å². The maximum Gasteiger partial charge on any atom is 0.339 e. The number of fused-ring (bicyclic) bond motifs is 2. The molecule has 0 fully saturated rings. The lowest BCUT2D eigenvalue weighted by Gasteiger charge is -2.35. The summed E-state index contributed by atoms with van der Waals surface area (Å²) < 4.78 is 5.35. The number of aromatic nitrogens is 1. The number of nitrogens with zero attached hydrogens (tertiary/aromatic N) is 1. The second-order valence-corrected chi connectivity index (χ2v) is 8.18. The van der Waals surface area contributed by atoms with E-state index in [1.54, 1.807) is 0 Å². The number of carbonyl (C=O) groups is 2. The fourth-order valence-electron chi connectivity index (χ4n) is 3.64. The number of amides is 1. The Labute approximate surface area is 153 Å². The van der Waals surface area contributed by atoms with Crippen LogP contribution < -0.4 is 5.73 Å².